The Bertz CT molecular complexity index is 904. The number of nitrogens with two attached hydrogens (primary N) is 1. The van der Waals surface area contributed by atoms with Gasteiger partial charge in [0.25, 0.3) is 0 Å². The Kier molecular flexibility index (Phi) is 4.74. The molecule has 3 aromatic rings. The van der Waals surface area contributed by atoms with Crippen LogP contribution in [0.2, 0.25) is 0 Å². The van der Waals surface area contributed by atoms with E-state index in [0.717, 1.165) is 16.6 Å². The molecule has 0 atom stereocenters. The first kappa shape index (κ1) is 16.6. The van der Waals surface area contributed by atoms with Crippen molar-refractivity contribution in [3.05, 3.63) is 48.3 Å². The van der Waals surface area contributed by atoms with E-state index in [9.17, 15) is 4.79 Å². The number of benzene rings is 2. The van der Waals surface area contributed by atoms with E-state index < -0.39 is 0 Å². The third-order valence-electron chi connectivity index (χ3n) is 3.90. The molecule has 0 aliphatic rings. The molecule has 0 radical (unpaired) electrons. The van der Waals surface area contributed by atoms with Gasteiger partial charge >= 0.3 is 0 Å². The van der Waals surface area contributed by atoms with Crippen LogP contribution in [0.5, 0.6) is 11.5 Å². The molecule has 2 aromatic carbocycles. The van der Waals surface area contributed by atoms with E-state index in [-0.39, 0.29) is 12.5 Å². The maximum atomic E-state index is 12.2. The second kappa shape index (κ2) is 7.12. The fourth-order valence-electron chi connectivity index (χ4n) is 2.61. The molecule has 0 unspecified atom stereocenters. The van der Waals surface area contributed by atoms with E-state index in [1.165, 1.54) is 0 Å². The smallest absolute Gasteiger partial charge is 0.240 e. The number of carbonyl (C=O) groups excluding carboxylic acids is 1. The highest BCUT2D eigenvalue weighted by Crippen LogP contribution is 2.27. The highest BCUT2D eigenvalue weighted by Gasteiger charge is 2.09. The van der Waals surface area contributed by atoms with Crippen LogP contribution in [-0.2, 0) is 17.9 Å². The van der Waals surface area contributed by atoms with Crippen molar-refractivity contribution in [2.24, 2.45) is 0 Å². The summed E-state index contributed by atoms with van der Waals surface area (Å²) in [5.74, 6) is 1.18. The summed E-state index contributed by atoms with van der Waals surface area (Å²) in [6.07, 6.45) is 1.64. The molecule has 1 amide bonds. The van der Waals surface area contributed by atoms with Crippen LogP contribution < -0.4 is 20.5 Å². The van der Waals surface area contributed by atoms with Crippen LogP contribution in [0.4, 0.5) is 5.69 Å². The number of ether oxygens (including phenoxy) is 2. The molecule has 0 bridgehead atoms. The van der Waals surface area contributed by atoms with Crippen molar-refractivity contribution < 1.29 is 14.3 Å². The Morgan fingerprint density at radius 2 is 1.96 bits per heavy atom. The van der Waals surface area contributed by atoms with Gasteiger partial charge in [-0.25, -0.2) is 4.98 Å². The summed E-state index contributed by atoms with van der Waals surface area (Å²) in [6.45, 7) is 0.590. The Morgan fingerprint density at radius 1 is 1.16 bits per heavy atom. The molecular weight excluding hydrogens is 320 g/mol. The number of rotatable bonds is 6. The van der Waals surface area contributed by atoms with Crippen LogP contribution in [0.25, 0.3) is 11.0 Å². The van der Waals surface area contributed by atoms with Crippen molar-refractivity contribution in [2.75, 3.05) is 20.0 Å². The first-order valence-corrected chi connectivity index (χ1v) is 7.78. The summed E-state index contributed by atoms with van der Waals surface area (Å²) in [4.78, 5) is 16.5. The van der Waals surface area contributed by atoms with Gasteiger partial charge in [-0.05, 0) is 35.9 Å². The minimum Gasteiger partial charge on any atom is -0.493 e. The molecular formula is C18H20N4O3. The quantitative estimate of drug-likeness (QED) is 0.669. The first-order chi connectivity index (χ1) is 12.1. The molecule has 0 saturated heterocycles. The predicted molar refractivity (Wildman–Crippen MR) is 95.5 cm³/mol. The lowest BCUT2D eigenvalue weighted by atomic mass is 10.2. The number of aromatic nitrogens is 2. The molecule has 0 fully saturated rings. The second-order valence-corrected chi connectivity index (χ2v) is 5.59. The molecule has 1 aromatic heterocycles. The molecule has 0 aliphatic carbocycles. The van der Waals surface area contributed by atoms with Gasteiger partial charge in [-0.1, -0.05) is 6.07 Å². The maximum Gasteiger partial charge on any atom is 0.240 e. The Labute approximate surface area is 145 Å². The van der Waals surface area contributed by atoms with Gasteiger partial charge in [0, 0.05) is 12.2 Å². The number of hydrogen-bond donors (Lipinski definition) is 2. The van der Waals surface area contributed by atoms with Gasteiger partial charge in [0.2, 0.25) is 5.91 Å². The monoisotopic (exact) mass is 340 g/mol. The number of hydrogen-bond acceptors (Lipinski definition) is 5. The van der Waals surface area contributed by atoms with Gasteiger partial charge in [-0.15, -0.1) is 0 Å². The van der Waals surface area contributed by atoms with E-state index >= 15 is 0 Å². The summed E-state index contributed by atoms with van der Waals surface area (Å²) in [7, 11) is 3.17. The van der Waals surface area contributed by atoms with E-state index in [2.05, 4.69) is 10.3 Å². The zero-order valence-electron chi connectivity index (χ0n) is 14.2. The fraction of sp³-hybridized carbons (Fsp3) is 0.222. The number of carbonyl (C=O) groups is 1. The largest absolute Gasteiger partial charge is 0.493 e. The van der Waals surface area contributed by atoms with Crippen LogP contribution >= 0.6 is 0 Å². The molecule has 7 nitrogen and oxygen atoms in total. The number of imidazole rings is 1. The molecule has 0 aliphatic heterocycles. The summed E-state index contributed by atoms with van der Waals surface area (Å²) in [6, 6.07) is 11.0. The summed E-state index contributed by atoms with van der Waals surface area (Å²) in [5.41, 5.74) is 8.96. The summed E-state index contributed by atoms with van der Waals surface area (Å²) >= 11 is 0. The molecule has 0 saturated carbocycles. The molecule has 0 spiro atoms. The molecule has 7 heteroatoms. The average molecular weight is 340 g/mol. The molecule has 25 heavy (non-hydrogen) atoms. The van der Waals surface area contributed by atoms with Crippen LogP contribution in [0.15, 0.2) is 42.7 Å². The second-order valence-electron chi connectivity index (χ2n) is 5.59. The normalized spacial score (nSPS) is 10.6. The Balaban J connectivity index is 1.64. The first-order valence-electron chi connectivity index (χ1n) is 7.78. The minimum absolute atomic E-state index is 0.106. The van der Waals surface area contributed by atoms with E-state index in [1.807, 2.05) is 24.3 Å². The van der Waals surface area contributed by atoms with Crippen molar-refractivity contribution in [2.45, 2.75) is 13.1 Å². The summed E-state index contributed by atoms with van der Waals surface area (Å²) in [5, 5.41) is 2.89. The number of fused-ring (bicyclic) bond motifs is 1. The van der Waals surface area contributed by atoms with Crippen molar-refractivity contribution in [1.29, 1.82) is 0 Å². The van der Waals surface area contributed by atoms with E-state index in [0.29, 0.717) is 23.7 Å². The van der Waals surface area contributed by atoms with Crippen molar-refractivity contribution in [1.82, 2.24) is 14.9 Å². The molecule has 3 rings (SSSR count). The zero-order valence-corrected chi connectivity index (χ0v) is 14.2. The minimum atomic E-state index is -0.106. The fourth-order valence-corrected chi connectivity index (χ4v) is 2.61. The van der Waals surface area contributed by atoms with Gasteiger partial charge in [0.05, 0.1) is 31.6 Å². The Morgan fingerprint density at radius 3 is 2.72 bits per heavy atom. The third-order valence-corrected chi connectivity index (χ3v) is 3.90. The lowest BCUT2D eigenvalue weighted by Crippen LogP contribution is -2.26. The van der Waals surface area contributed by atoms with Crippen LogP contribution in [0, 0.1) is 0 Å². The number of nitrogen functional groups attached to an aromatic ring is 1. The van der Waals surface area contributed by atoms with Gasteiger partial charge in [-0.3, -0.25) is 4.79 Å². The zero-order chi connectivity index (χ0) is 17.8. The van der Waals surface area contributed by atoms with Crippen LogP contribution in [-0.4, -0.2) is 29.7 Å². The topological polar surface area (TPSA) is 91.4 Å². The number of anilines is 1. The lowest BCUT2D eigenvalue weighted by molar-refractivity contribution is -0.121. The highest BCUT2D eigenvalue weighted by molar-refractivity contribution is 5.82. The highest BCUT2D eigenvalue weighted by atomic mass is 16.5. The molecule has 1 heterocycles. The number of methoxy groups -OCH3 is 2. The van der Waals surface area contributed by atoms with Gasteiger partial charge in [0.15, 0.2) is 11.5 Å². The number of amides is 1. The average Bonchev–Trinajstić information content (AvgIpc) is 3.01. The van der Waals surface area contributed by atoms with Gasteiger partial charge < -0.3 is 25.1 Å². The molecule has 130 valence electrons. The number of nitrogens with zero attached hydrogens (tertiary/aromatic N) is 2. The van der Waals surface area contributed by atoms with Crippen LogP contribution in [0.3, 0.4) is 0 Å². The molecule has 3 N–H and O–H groups in total. The Hall–Kier alpha value is -3.22. The third kappa shape index (κ3) is 3.65. The SMILES string of the molecule is COc1ccc(CNC(=O)Cn2cnc3cc(N)ccc32)cc1OC. The van der Waals surface area contributed by atoms with Crippen molar-refractivity contribution in [3.63, 3.8) is 0 Å². The maximum absolute atomic E-state index is 12.2. The van der Waals surface area contributed by atoms with Crippen LogP contribution in [0.1, 0.15) is 5.56 Å². The van der Waals surface area contributed by atoms with Gasteiger partial charge in [0.1, 0.15) is 6.54 Å². The summed E-state index contributed by atoms with van der Waals surface area (Å²) < 4.78 is 12.3. The lowest BCUT2D eigenvalue weighted by Gasteiger charge is -2.11. The van der Waals surface area contributed by atoms with E-state index in [1.54, 1.807) is 37.2 Å². The number of nitrogens with one attached hydrogen (secondary N) is 1. The van der Waals surface area contributed by atoms with E-state index in [4.69, 9.17) is 15.2 Å². The van der Waals surface area contributed by atoms with Crippen molar-refractivity contribution in [3.8, 4) is 11.5 Å². The predicted octanol–water partition coefficient (Wildman–Crippen LogP) is 1.95. The van der Waals surface area contributed by atoms with Crippen molar-refractivity contribution >= 4 is 22.6 Å². The van der Waals surface area contributed by atoms with Gasteiger partial charge in [-0.2, -0.15) is 0 Å². The standard InChI is InChI=1S/C18H20N4O3/c1-24-16-6-3-12(7-17(16)25-2)9-20-18(23)10-22-11-21-14-8-13(19)4-5-15(14)22/h3-8,11H,9-10,19H2,1-2H3,(H,20,23).